The minimum atomic E-state index is -0.0698. The number of halogens is 1. The number of nitrogens with one attached hydrogen (secondary N) is 2. The van der Waals surface area contributed by atoms with Gasteiger partial charge in [0, 0.05) is 17.8 Å². The third-order valence-corrected chi connectivity index (χ3v) is 3.42. The lowest BCUT2D eigenvalue weighted by Gasteiger charge is -2.19. The average Bonchev–Trinajstić information content (AvgIpc) is 2.86. The predicted octanol–water partition coefficient (Wildman–Crippen LogP) is 2.07. The van der Waals surface area contributed by atoms with E-state index in [2.05, 4.69) is 26.2 Å². The maximum Gasteiger partial charge on any atom is 0.268 e. The summed E-state index contributed by atoms with van der Waals surface area (Å²) < 4.78 is 6.21. The first kappa shape index (κ1) is 11.7. The molecule has 1 aromatic heterocycles. The molecule has 88 valence electrons. The molecular weight excluding hydrogens is 272 g/mol. The highest BCUT2D eigenvalue weighted by Crippen LogP contribution is 2.22. The van der Waals surface area contributed by atoms with Crippen LogP contribution in [0.2, 0.25) is 0 Å². The number of rotatable bonds is 3. The van der Waals surface area contributed by atoms with E-state index in [1.54, 1.807) is 19.4 Å². The number of aromatic nitrogens is 1. The summed E-state index contributed by atoms with van der Waals surface area (Å²) in [7, 11) is 1.69. The average molecular weight is 287 g/mol. The van der Waals surface area contributed by atoms with Crippen LogP contribution < -0.4 is 5.32 Å². The number of aromatic amines is 1. The number of amides is 1. The Hall–Kier alpha value is -0.810. The highest BCUT2D eigenvalue weighted by atomic mass is 79.9. The Bertz CT molecular complexity index is 378. The number of hydrogen-bond donors (Lipinski definition) is 2. The first-order valence-electron chi connectivity index (χ1n) is 5.38. The van der Waals surface area contributed by atoms with Crippen LogP contribution in [0.25, 0.3) is 0 Å². The second-order valence-corrected chi connectivity index (χ2v) is 4.93. The van der Waals surface area contributed by atoms with Gasteiger partial charge in [-0.3, -0.25) is 4.79 Å². The van der Waals surface area contributed by atoms with Crippen molar-refractivity contribution in [2.75, 3.05) is 7.11 Å². The lowest BCUT2D eigenvalue weighted by atomic mass is 10.2. The molecule has 5 heteroatoms. The van der Waals surface area contributed by atoms with Gasteiger partial charge in [-0.05, 0) is 41.3 Å². The van der Waals surface area contributed by atoms with Gasteiger partial charge < -0.3 is 15.0 Å². The molecule has 4 nitrogen and oxygen atoms in total. The van der Waals surface area contributed by atoms with Gasteiger partial charge in [-0.2, -0.15) is 0 Å². The zero-order chi connectivity index (χ0) is 11.5. The third kappa shape index (κ3) is 2.47. The zero-order valence-corrected chi connectivity index (χ0v) is 10.7. The Morgan fingerprint density at radius 1 is 1.62 bits per heavy atom. The Morgan fingerprint density at radius 3 is 3.06 bits per heavy atom. The molecule has 0 spiro atoms. The second kappa shape index (κ2) is 5.01. The number of hydrogen-bond acceptors (Lipinski definition) is 2. The van der Waals surface area contributed by atoms with E-state index in [0.717, 1.165) is 23.7 Å². The SMILES string of the molecule is COC1CCCC1NC(=O)c1cc(Br)c[nH]1. The van der Waals surface area contributed by atoms with E-state index in [-0.39, 0.29) is 18.1 Å². The fraction of sp³-hybridized carbons (Fsp3) is 0.545. The van der Waals surface area contributed by atoms with Crippen LogP contribution >= 0.6 is 15.9 Å². The van der Waals surface area contributed by atoms with Crippen LogP contribution in [0.4, 0.5) is 0 Å². The standard InChI is InChI=1S/C11H15BrN2O2/c1-16-10-4-2-3-8(10)14-11(15)9-5-7(12)6-13-9/h5-6,8,10,13H,2-4H2,1H3,(H,14,15). The number of methoxy groups -OCH3 is 1. The van der Waals surface area contributed by atoms with Crippen molar-refractivity contribution in [3.63, 3.8) is 0 Å². The van der Waals surface area contributed by atoms with E-state index < -0.39 is 0 Å². The third-order valence-electron chi connectivity index (χ3n) is 2.96. The highest BCUT2D eigenvalue weighted by molar-refractivity contribution is 9.10. The molecule has 1 fully saturated rings. The van der Waals surface area contributed by atoms with Gasteiger partial charge >= 0.3 is 0 Å². The predicted molar refractivity (Wildman–Crippen MR) is 64.4 cm³/mol. The molecule has 0 saturated heterocycles. The quantitative estimate of drug-likeness (QED) is 0.894. The van der Waals surface area contributed by atoms with E-state index in [4.69, 9.17) is 4.74 Å². The van der Waals surface area contributed by atoms with Crippen LogP contribution in [-0.4, -0.2) is 30.1 Å². The van der Waals surface area contributed by atoms with Crippen LogP contribution in [0, 0.1) is 0 Å². The largest absolute Gasteiger partial charge is 0.379 e. The molecule has 2 atom stereocenters. The van der Waals surface area contributed by atoms with Crippen LogP contribution in [0.1, 0.15) is 29.8 Å². The van der Waals surface area contributed by atoms with Crippen LogP contribution in [0.3, 0.4) is 0 Å². The van der Waals surface area contributed by atoms with Gasteiger partial charge in [-0.1, -0.05) is 0 Å². The van der Waals surface area contributed by atoms with E-state index >= 15 is 0 Å². The Morgan fingerprint density at radius 2 is 2.44 bits per heavy atom. The number of carbonyl (C=O) groups is 1. The van der Waals surface area contributed by atoms with Crippen LogP contribution in [0.5, 0.6) is 0 Å². The van der Waals surface area contributed by atoms with E-state index in [1.807, 2.05) is 0 Å². The van der Waals surface area contributed by atoms with E-state index in [0.29, 0.717) is 5.69 Å². The molecule has 1 saturated carbocycles. The summed E-state index contributed by atoms with van der Waals surface area (Å²) in [6.07, 6.45) is 5.03. The maximum absolute atomic E-state index is 11.9. The van der Waals surface area contributed by atoms with Gasteiger partial charge in [0.1, 0.15) is 5.69 Å². The molecule has 16 heavy (non-hydrogen) atoms. The molecule has 2 N–H and O–H groups in total. The summed E-state index contributed by atoms with van der Waals surface area (Å²) in [5.74, 6) is -0.0698. The normalized spacial score (nSPS) is 24.6. The molecule has 1 heterocycles. The molecule has 2 unspecified atom stereocenters. The van der Waals surface area contributed by atoms with Crippen molar-refractivity contribution in [2.24, 2.45) is 0 Å². The summed E-state index contributed by atoms with van der Waals surface area (Å²) in [5.41, 5.74) is 0.577. The van der Waals surface area contributed by atoms with Crippen LogP contribution in [-0.2, 0) is 4.74 Å². The fourth-order valence-electron chi connectivity index (χ4n) is 2.12. The van der Waals surface area contributed by atoms with Crippen molar-refractivity contribution in [2.45, 2.75) is 31.4 Å². The van der Waals surface area contributed by atoms with E-state index in [9.17, 15) is 4.79 Å². The van der Waals surface area contributed by atoms with Crippen molar-refractivity contribution >= 4 is 21.8 Å². The van der Waals surface area contributed by atoms with Crippen molar-refractivity contribution in [1.29, 1.82) is 0 Å². The lowest BCUT2D eigenvalue weighted by Crippen LogP contribution is -2.40. The molecule has 2 rings (SSSR count). The van der Waals surface area contributed by atoms with Gasteiger partial charge in [0.2, 0.25) is 0 Å². The topological polar surface area (TPSA) is 54.1 Å². The zero-order valence-electron chi connectivity index (χ0n) is 9.13. The maximum atomic E-state index is 11.9. The van der Waals surface area contributed by atoms with Crippen LogP contribution in [0.15, 0.2) is 16.7 Å². The fourth-order valence-corrected chi connectivity index (χ4v) is 2.46. The molecule has 0 aliphatic heterocycles. The number of ether oxygens (including phenoxy) is 1. The number of H-pyrrole nitrogens is 1. The summed E-state index contributed by atoms with van der Waals surface area (Å²) in [6.45, 7) is 0. The molecule has 0 bridgehead atoms. The summed E-state index contributed by atoms with van der Waals surface area (Å²) in [6, 6.07) is 1.91. The van der Waals surface area contributed by atoms with Crippen molar-refractivity contribution in [1.82, 2.24) is 10.3 Å². The van der Waals surface area contributed by atoms with Gasteiger partial charge in [0.15, 0.2) is 0 Å². The second-order valence-electron chi connectivity index (χ2n) is 4.02. The molecule has 1 aromatic rings. The molecule has 1 amide bonds. The highest BCUT2D eigenvalue weighted by Gasteiger charge is 2.28. The summed E-state index contributed by atoms with van der Waals surface area (Å²) in [5, 5.41) is 2.99. The molecule has 0 aromatic carbocycles. The minimum Gasteiger partial charge on any atom is -0.379 e. The Labute approximate surface area is 103 Å². The number of carbonyl (C=O) groups excluding carboxylic acids is 1. The monoisotopic (exact) mass is 286 g/mol. The van der Waals surface area contributed by atoms with Gasteiger partial charge in [-0.25, -0.2) is 0 Å². The first-order valence-corrected chi connectivity index (χ1v) is 6.17. The molecular formula is C11H15BrN2O2. The smallest absolute Gasteiger partial charge is 0.268 e. The van der Waals surface area contributed by atoms with Crippen molar-refractivity contribution in [3.05, 3.63) is 22.4 Å². The lowest BCUT2D eigenvalue weighted by molar-refractivity contribution is 0.0719. The Kier molecular flexibility index (Phi) is 3.66. The van der Waals surface area contributed by atoms with Gasteiger partial charge in [-0.15, -0.1) is 0 Å². The summed E-state index contributed by atoms with van der Waals surface area (Å²) in [4.78, 5) is 14.8. The van der Waals surface area contributed by atoms with Crippen molar-refractivity contribution in [3.8, 4) is 0 Å². The molecule has 0 radical (unpaired) electrons. The Balaban J connectivity index is 1.97. The van der Waals surface area contributed by atoms with Crippen molar-refractivity contribution < 1.29 is 9.53 Å². The van der Waals surface area contributed by atoms with Gasteiger partial charge in [0.25, 0.3) is 5.91 Å². The van der Waals surface area contributed by atoms with E-state index in [1.165, 1.54) is 0 Å². The minimum absolute atomic E-state index is 0.0698. The first-order chi connectivity index (χ1) is 7.70. The summed E-state index contributed by atoms with van der Waals surface area (Å²) >= 11 is 3.30. The van der Waals surface area contributed by atoms with Gasteiger partial charge in [0.05, 0.1) is 12.1 Å². The molecule has 1 aliphatic rings. The molecule has 1 aliphatic carbocycles.